The smallest absolute Gasteiger partial charge is 0.143 e. The van der Waals surface area contributed by atoms with Crippen molar-refractivity contribution in [3.63, 3.8) is 0 Å². The standard InChI is InChI=1S/C26H28O4/c27-23-18-19(24(28)25(23)29)16-17-30-26(20-10-4-1-5-11-20,21-12-6-2-7-13-21)22-14-8-3-9-15-22/h1-15,19,23-25,27-29H,16-18H2/t19-,23-,24+,25+/m0/s1. The molecule has 0 aliphatic heterocycles. The molecular weight excluding hydrogens is 376 g/mol. The molecular formula is C26H28O4. The molecule has 1 aliphatic rings. The Morgan fingerprint density at radius 2 is 1.10 bits per heavy atom. The van der Waals surface area contributed by atoms with Gasteiger partial charge in [-0.2, -0.15) is 0 Å². The van der Waals surface area contributed by atoms with Crippen molar-refractivity contribution in [3.05, 3.63) is 108 Å². The van der Waals surface area contributed by atoms with E-state index in [0.717, 1.165) is 16.7 Å². The van der Waals surface area contributed by atoms with Gasteiger partial charge in [-0.05, 0) is 35.4 Å². The number of aliphatic hydroxyl groups excluding tert-OH is 3. The molecule has 4 nitrogen and oxygen atoms in total. The molecule has 4 rings (SSSR count). The average molecular weight is 405 g/mol. The van der Waals surface area contributed by atoms with Crippen molar-refractivity contribution in [2.75, 3.05) is 6.61 Å². The number of aliphatic hydroxyl groups is 3. The minimum Gasteiger partial charge on any atom is -0.390 e. The third-order valence-electron chi connectivity index (χ3n) is 6.12. The van der Waals surface area contributed by atoms with Gasteiger partial charge >= 0.3 is 0 Å². The van der Waals surface area contributed by atoms with Gasteiger partial charge in [0.15, 0.2) is 0 Å². The molecule has 156 valence electrons. The maximum atomic E-state index is 10.2. The van der Waals surface area contributed by atoms with Gasteiger partial charge in [0.2, 0.25) is 0 Å². The molecule has 3 aromatic rings. The summed E-state index contributed by atoms with van der Waals surface area (Å²) in [6.45, 7) is 0.375. The maximum absolute atomic E-state index is 10.2. The lowest BCUT2D eigenvalue weighted by Gasteiger charge is -2.36. The summed E-state index contributed by atoms with van der Waals surface area (Å²) in [5.74, 6) is -0.199. The van der Waals surface area contributed by atoms with Gasteiger partial charge < -0.3 is 20.1 Å². The van der Waals surface area contributed by atoms with E-state index in [4.69, 9.17) is 4.74 Å². The zero-order valence-electron chi connectivity index (χ0n) is 16.8. The highest BCUT2D eigenvalue weighted by atomic mass is 16.5. The molecule has 3 N–H and O–H groups in total. The third kappa shape index (κ3) is 3.92. The first-order chi connectivity index (χ1) is 14.6. The fourth-order valence-corrected chi connectivity index (χ4v) is 4.52. The average Bonchev–Trinajstić information content (AvgIpc) is 3.05. The highest BCUT2D eigenvalue weighted by molar-refractivity contribution is 5.47. The summed E-state index contributed by atoms with van der Waals surface area (Å²) in [6.07, 6.45) is -1.98. The van der Waals surface area contributed by atoms with E-state index in [2.05, 4.69) is 36.4 Å². The molecule has 0 radical (unpaired) electrons. The molecule has 0 heterocycles. The molecule has 0 aromatic heterocycles. The molecule has 30 heavy (non-hydrogen) atoms. The molecule has 1 aliphatic carbocycles. The normalized spacial score (nSPS) is 24.1. The molecule has 0 spiro atoms. The van der Waals surface area contributed by atoms with Crippen molar-refractivity contribution in [1.29, 1.82) is 0 Å². The minimum atomic E-state index is -1.09. The maximum Gasteiger partial charge on any atom is 0.143 e. The molecule has 3 aromatic carbocycles. The molecule has 1 fully saturated rings. The van der Waals surface area contributed by atoms with Crippen molar-refractivity contribution < 1.29 is 20.1 Å². The Hall–Kier alpha value is -2.50. The van der Waals surface area contributed by atoms with Gasteiger partial charge in [-0.1, -0.05) is 91.0 Å². The number of rotatable bonds is 7. The predicted octanol–water partition coefficient (Wildman–Crippen LogP) is 3.49. The van der Waals surface area contributed by atoms with Gasteiger partial charge in [0.05, 0.1) is 12.2 Å². The van der Waals surface area contributed by atoms with Crippen LogP contribution in [0.2, 0.25) is 0 Å². The summed E-state index contributed by atoms with van der Waals surface area (Å²) in [6, 6.07) is 30.4. The fraction of sp³-hybridized carbons (Fsp3) is 0.308. The van der Waals surface area contributed by atoms with Gasteiger partial charge in [0, 0.05) is 6.61 Å². The quantitative estimate of drug-likeness (QED) is 0.527. The summed E-state index contributed by atoms with van der Waals surface area (Å²) in [5.41, 5.74) is 2.27. The first-order valence-corrected chi connectivity index (χ1v) is 10.5. The highest BCUT2D eigenvalue weighted by Crippen LogP contribution is 2.41. The van der Waals surface area contributed by atoms with Gasteiger partial charge in [0.1, 0.15) is 11.7 Å². The lowest BCUT2D eigenvalue weighted by Crippen LogP contribution is -2.34. The van der Waals surface area contributed by atoms with Gasteiger partial charge in [-0.3, -0.25) is 0 Å². The SMILES string of the molecule is O[C@@H]1[C@@H](CCOC(c2ccccc2)(c2ccccc2)c2ccccc2)C[C@H](O)[C@H]1O. The topological polar surface area (TPSA) is 69.9 Å². The van der Waals surface area contributed by atoms with Crippen molar-refractivity contribution in [1.82, 2.24) is 0 Å². The Bertz CT molecular complexity index is 817. The molecule has 0 amide bonds. The summed E-state index contributed by atoms with van der Waals surface area (Å²) >= 11 is 0. The molecule has 0 bridgehead atoms. The van der Waals surface area contributed by atoms with Crippen LogP contribution in [0.25, 0.3) is 0 Å². The second-order valence-corrected chi connectivity index (χ2v) is 7.96. The number of hydrogen-bond acceptors (Lipinski definition) is 4. The highest BCUT2D eigenvalue weighted by Gasteiger charge is 2.41. The van der Waals surface area contributed by atoms with E-state index in [1.54, 1.807) is 0 Å². The third-order valence-corrected chi connectivity index (χ3v) is 6.12. The van der Waals surface area contributed by atoms with Crippen LogP contribution in [-0.2, 0) is 10.3 Å². The van der Waals surface area contributed by atoms with Crippen LogP contribution in [0.4, 0.5) is 0 Å². The first kappa shape index (κ1) is 20.8. The van der Waals surface area contributed by atoms with E-state index in [-0.39, 0.29) is 5.92 Å². The first-order valence-electron chi connectivity index (χ1n) is 10.5. The van der Waals surface area contributed by atoms with E-state index in [0.29, 0.717) is 19.4 Å². The Balaban J connectivity index is 1.70. The van der Waals surface area contributed by atoms with E-state index in [1.807, 2.05) is 54.6 Å². The van der Waals surface area contributed by atoms with Crippen LogP contribution in [0, 0.1) is 5.92 Å². The molecule has 1 saturated carbocycles. The number of benzene rings is 3. The second kappa shape index (κ2) is 9.11. The lowest BCUT2D eigenvalue weighted by atomic mass is 9.80. The van der Waals surface area contributed by atoms with Crippen LogP contribution in [0.3, 0.4) is 0 Å². The summed E-state index contributed by atoms with van der Waals surface area (Å²) < 4.78 is 6.69. The van der Waals surface area contributed by atoms with Crippen LogP contribution in [0.15, 0.2) is 91.0 Å². The van der Waals surface area contributed by atoms with Crippen LogP contribution >= 0.6 is 0 Å². The van der Waals surface area contributed by atoms with Crippen LogP contribution in [0.5, 0.6) is 0 Å². The van der Waals surface area contributed by atoms with Crippen molar-refractivity contribution >= 4 is 0 Å². The molecule has 4 atom stereocenters. The Morgan fingerprint density at radius 1 is 0.667 bits per heavy atom. The van der Waals surface area contributed by atoms with Gasteiger partial charge in [-0.25, -0.2) is 0 Å². The summed E-state index contributed by atoms with van der Waals surface area (Å²) in [5, 5.41) is 30.0. The zero-order valence-corrected chi connectivity index (χ0v) is 16.8. The van der Waals surface area contributed by atoms with Crippen molar-refractivity contribution in [3.8, 4) is 0 Å². The van der Waals surface area contributed by atoms with E-state index < -0.39 is 23.9 Å². The second-order valence-electron chi connectivity index (χ2n) is 7.96. The lowest BCUT2D eigenvalue weighted by molar-refractivity contribution is -0.0348. The minimum absolute atomic E-state index is 0.199. The van der Waals surface area contributed by atoms with E-state index >= 15 is 0 Å². The van der Waals surface area contributed by atoms with Gasteiger partial charge in [0.25, 0.3) is 0 Å². The van der Waals surface area contributed by atoms with E-state index in [9.17, 15) is 15.3 Å². The summed E-state index contributed by atoms with van der Waals surface area (Å²) in [7, 11) is 0. The molecule has 4 heteroatoms. The number of ether oxygens (including phenoxy) is 1. The Kier molecular flexibility index (Phi) is 6.30. The van der Waals surface area contributed by atoms with Crippen molar-refractivity contribution in [2.45, 2.75) is 36.8 Å². The predicted molar refractivity (Wildman–Crippen MR) is 116 cm³/mol. The molecule has 0 saturated heterocycles. The summed E-state index contributed by atoms with van der Waals surface area (Å²) in [4.78, 5) is 0. The Morgan fingerprint density at radius 3 is 1.47 bits per heavy atom. The van der Waals surface area contributed by atoms with Gasteiger partial charge in [-0.15, -0.1) is 0 Å². The van der Waals surface area contributed by atoms with Crippen LogP contribution < -0.4 is 0 Å². The Labute approximate surface area is 177 Å². The zero-order chi connectivity index (χ0) is 21.0. The van der Waals surface area contributed by atoms with Crippen LogP contribution in [0.1, 0.15) is 29.5 Å². The van der Waals surface area contributed by atoms with Crippen molar-refractivity contribution in [2.24, 2.45) is 5.92 Å². The monoisotopic (exact) mass is 404 g/mol. The fourth-order valence-electron chi connectivity index (χ4n) is 4.52. The van der Waals surface area contributed by atoms with Crippen LogP contribution in [-0.4, -0.2) is 40.2 Å². The number of hydrogen-bond donors (Lipinski definition) is 3. The van der Waals surface area contributed by atoms with E-state index in [1.165, 1.54) is 0 Å². The largest absolute Gasteiger partial charge is 0.390 e. The molecule has 0 unspecified atom stereocenters.